The number of ether oxygens (including phenoxy) is 1. The van der Waals surface area contributed by atoms with Crippen molar-refractivity contribution in [3.63, 3.8) is 0 Å². The Morgan fingerprint density at radius 2 is 2.17 bits per heavy atom. The first-order valence-corrected chi connectivity index (χ1v) is 5.56. The van der Waals surface area contributed by atoms with Crippen LogP contribution in [0.25, 0.3) is 0 Å². The van der Waals surface area contributed by atoms with Crippen molar-refractivity contribution in [1.29, 1.82) is 0 Å². The molecule has 6 nitrogen and oxygen atoms in total. The molecule has 0 aliphatic rings. The first-order valence-electron chi connectivity index (χ1n) is 5.56. The summed E-state index contributed by atoms with van der Waals surface area (Å²) < 4.78 is 5.16. The van der Waals surface area contributed by atoms with E-state index in [-0.39, 0.29) is 24.3 Å². The second kappa shape index (κ2) is 6.11. The Hall–Kier alpha value is -1.95. The molecule has 0 bridgehead atoms. The summed E-state index contributed by atoms with van der Waals surface area (Å²) in [7, 11) is 0. The lowest BCUT2D eigenvalue weighted by Gasteiger charge is -2.10. The number of nitrogens with one attached hydrogen (secondary N) is 1. The zero-order chi connectivity index (χ0) is 13.7. The van der Waals surface area contributed by atoms with Crippen molar-refractivity contribution in [2.24, 2.45) is 0 Å². The molecular weight excluding hydrogens is 236 g/mol. The molecule has 1 aromatic carbocycles. The van der Waals surface area contributed by atoms with E-state index in [1.807, 2.05) is 13.8 Å². The molecule has 0 spiro atoms. The molecule has 0 radical (unpaired) electrons. The number of hydrogen-bond donors (Lipinski definition) is 1. The average Bonchev–Trinajstić information content (AvgIpc) is 2.29. The monoisotopic (exact) mass is 252 g/mol. The number of benzene rings is 1. The average molecular weight is 252 g/mol. The maximum atomic E-state index is 11.5. The summed E-state index contributed by atoms with van der Waals surface area (Å²) >= 11 is 0. The fourth-order valence-electron chi connectivity index (χ4n) is 1.33. The van der Waals surface area contributed by atoms with Gasteiger partial charge in [-0.3, -0.25) is 14.9 Å². The smallest absolute Gasteiger partial charge is 0.269 e. The molecule has 1 amide bonds. The maximum absolute atomic E-state index is 11.5. The molecule has 1 aromatic rings. The van der Waals surface area contributed by atoms with Gasteiger partial charge in [-0.25, -0.2) is 0 Å². The molecular formula is C12H16N2O4. The van der Waals surface area contributed by atoms with Gasteiger partial charge in [0.25, 0.3) is 5.69 Å². The van der Waals surface area contributed by atoms with Crippen LogP contribution in [0, 0.1) is 17.0 Å². The second-order valence-electron chi connectivity index (χ2n) is 4.16. The number of carbonyl (C=O) groups excluding carboxylic acids is 1. The molecule has 0 unspecified atom stereocenters. The van der Waals surface area contributed by atoms with E-state index in [0.29, 0.717) is 11.3 Å². The molecule has 1 rings (SSSR count). The highest BCUT2D eigenvalue weighted by Crippen LogP contribution is 2.20. The maximum Gasteiger partial charge on any atom is 0.269 e. The Morgan fingerprint density at radius 1 is 1.50 bits per heavy atom. The number of nitro benzene ring substituents is 1. The number of nitro groups is 1. The van der Waals surface area contributed by atoms with E-state index in [4.69, 9.17) is 4.74 Å². The van der Waals surface area contributed by atoms with Crippen molar-refractivity contribution in [1.82, 2.24) is 0 Å². The van der Waals surface area contributed by atoms with Gasteiger partial charge >= 0.3 is 0 Å². The third-order valence-electron chi connectivity index (χ3n) is 2.24. The van der Waals surface area contributed by atoms with Crippen LogP contribution in [-0.4, -0.2) is 23.5 Å². The van der Waals surface area contributed by atoms with Gasteiger partial charge in [-0.2, -0.15) is 0 Å². The van der Waals surface area contributed by atoms with E-state index in [9.17, 15) is 14.9 Å². The van der Waals surface area contributed by atoms with Gasteiger partial charge in [0.05, 0.1) is 11.0 Å². The van der Waals surface area contributed by atoms with E-state index in [0.717, 1.165) is 0 Å². The summed E-state index contributed by atoms with van der Waals surface area (Å²) in [5.74, 6) is -0.277. The Kier molecular flexibility index (Phi) is 4.79. The van der Waals surface area contributed by atoms with E-state index in [1.54, 1.807) is 6.92 Å². The minimum atomic E-state index is -0.472. The number of nitrogens with zero attached hydrogens (tertiary/aromatic N) is 1. The first kappa shape index (κ1) is 14.1. The van der Waals surface area contributed by atoms with Gasteiger partial charge in [0.1, 0.15) is 6.61 Å². The van der Waals surface area contributed by atoms with E-state index in [2.05, 4.69) is 5.32 Å². The van der Waals surface area contributed by atoms with Gasteiger partial charge in [0.2, 0.25) is 5.91 Å². The third-order valence-corrected chi connectivity index (χ3v) is 2.24. The first-order chi connectivity index (χ1) is 8.40. The van der Waals surface area contributed by atoms with Crippen LogP contribution in [0.4, 0.5) is 11.4 Å². The van der Waals surface area contributed by atoms with Crippen LogP contribution < -0.4 is 5.32 Å². The molecule has 0 aliphatic carbocycles. The van der Waals surface area contributed by atoms with Gasteiger partial charge < -0.3 is 10.1 Å². The van der Waals surface area contributed by atoms with Gasteiger partial charge in [-0.1, -0.05) is 0 Å². The normalized spacial score (nSPS) is 10.4. The fourth-order valence-corrected chi connectivity index (χ4v) is 1.33. The Balaban J connectivity index is 2.68. The lowest BCUT2D eigenvalue weighted by molar-refractivity contribution is -0.384. The van der Waals surface area contributed by atoms with Crippen LogP contribution in [0.15, 0.2) is 18.2 Å². The quantitative estimate of drug-likeness (QED) is 0.643. The highest BCUT2D eigenvalue weighted by molar-refractivity contribution is 5.92. The Bertz CT molecular complexity index is 457. The molecule has 98 valence electrons. The lowest BCUT2D eigenvalue weighted by atomic mass is 10.2. The minimum Gasteiger partial charge on any atom is -0.369 e. The Morgan fingerprint density at radius 3 is 2.67 bits per heavy atom. The summed E-state index contributed by atoms with van der Waals surface area (Å²) in [6.45, 7) is 5.34. The zero-order valence-corrected chi connectivity index (χ0v) is 10.6. The van der Waals surface area contributed by atoms with E-state index < -0.39 is 4.92 Å². The van der Waals surface area contributed by atoms with Gasteiger partial charge in [0.15, 0.2) is 0 Å². The molecule has 0 aromatic heterocycles. The molecule has 1 N–H and O–H groups in total. The van der Waals surface area contributed by atoms with Crippen LogP contribution in [0.2, 0.25) is 0 Å². The molecule has 0 heterocycles. The van der Waals surface area contributed by atoms with Crippen molar-refractivity contribution in [2.75, 3.05) is 11.9 Å². The van der Waals surface area contributed by atoms with E-state index >= 15 is 0 Å². The summed E-state index contributed by atoms with van der Waals surface area (Å²) in [6.07, 6.45) is -0.0197. The number of carbonyl (C=O) groups is 1. The van der Waals surface area contributed by atoms with Crippen molar-refractivity contribution >= 4 is 17.3 Å². The third kappa shape index (κ3) is 4.14. The van der Waals surface area contributed by atoms with Crippen LogP contribution in [0.3, 0.4) is 0 Å². The van der Waals surface area contributed by atoms with Crippen LogP contribution in [0.1, 0.15) is 19.4 Å². The van der Waals surface area contributed by atoms with Crippen LogP contribution >= 0.6 is 0 Å². The predicted molar refractivity (Wildman–Crippen MR) is 67.6 cm³/mol. The minimum absolute atomic E-state index is 0.00364. The highest BCUT2D eigenvalue weighted by atomic mass is 16.6. The largest absolute Gasteiger partial charge is 0.369 e. The van der Waals surface area contributed by atoms with Gasteiger partial charge in [-0.15, -0.1) is 0 Å². The summed E-state index contributed by atoms with van der Waals surface area (Å²) in [5.41, 5.74) is 1.20. The van der Waals surface area contributed by atoms with Crippen molar-refractivity contribution in [2.45, 2.75) is 26.9 Å². The standard InChI is InChI=1S/C12H16N2O4/c1-8(2)18-7-12(15)13-11-5-4-10(14(16)17)6-9(11)3/h4-6,8H,7H2,1-3H3,(H,13,15). The van der Waals surface area contributed by atoms with Crippen molar-refractivity contribution in [3.8, 4) is 0 Å². The molecule has 18 heavy (non-hydrogen) atoms. The summed E-state index contributed by atoms with van der Waals surface area (Å²) in [4.78, 5) is 21.6. The molecule has 0 saturated heterocycles. The molecule has 0 aliphatic heterocycles. The number of rotatable bonds is 5. The topological polar surface area (TPSA) is 81.5 Å². The fraction of sp³-hybridized carbons (Fsp3) is 0.417. The second-order valence-corrected chi connectivity index (χ2v) is 4.16. The SMILES string of the molecule is Cc1cc([N+](=O)[O-])ccc1NC(=O)COC(C)C. The van der Waals surface area contributed by atoms with E-state index in [1.165, 1.54) is 18.2 Å². The van der Waals surface area contributed by atoms with Crippen LogP contribution in [-0.2, 0) is 9.53 Å². The number of amides is 1. The number of hydrogen-bond acceptors (Lipinski definition) is 4. The molecule has 0 fully saturated rings. The highest BCUT2D eigenvalue weighted by Gasteiger charge is 2.10. The molecule has 0 saturated carbocycles. The summed E-state index contributed by atoms with van der Waals surface area (Å²) in [6, 6.07) is 4.28. The van der Waals surface area contributed by atoms with Gasteiger partial charge in [0, 0.05) is 17.8 Å². The number of anilines is 1. The van der Waals surface area contributed by atoms with Crippen molar-refractivity contribution < 1.29 is 14.5 Å². The Labute approximate surface area is 105 Å². The number of non-ortho nitro benzene ring substituents is 1. The summed E-state index contributed by atoms with van der Waals surface area (Å²) in [5, 5.41) is 13.2. The molecule has 6 heteroatoms. The number of aryl methyl sites for hydroxylation is 1. The van der Waals surface area contributed by atoms with Crippen molar-refractivity contribution in [3.05, 3.63) is 33.9 Å². The molecule has 0 atom stereocenters. The lowest BCUT2D eigenvalue weighted by Crippen LogP contribution is -2.21. The predicted octanol–water partition coefficient (Wildman–Crippen LogP) is 2.27. The van der Waals surface area contributed by atoms with Crippen LogP contribution in [0.5, 0.6) is 0 Å². The zero-order valence-electron chi connectivity index (χ0n) is 10.6. The van der Waals surface area contributed by atoms with Gasteiger partial charge in [-0.05, 0) is 32.4 Å².